The van der Waals surface area contributed by atoms with Crippen LogP contribution in [-0.2, 0) is 14.3 Å². The Kier molecular flexibility index (Phi) is 7.29. The van der Waals surface area contributed by atoms with Crippen molar-refractivity contribution in [1.29, 1.82) is 5.26 Å². The highest BCUT2D eigenvalue weighted by Crippen LogP contribution is 2.11. The van der Waals surface area contributed by atoms with Gasteiger partial charge in [0.05, 0.1) is 12.2 Å². The zero-order chi connectivity index (χ0) is 11.7. The van der Waals surface area contributed by atoms with Crippen LogP contribution in [0, 0.1) is 11.3 Å². The maximum Gasteiger partial charge on any atom is 0.302 e. The smallest absolute Gasteiger partial charge is 0.302 e. The molecule has 0 aromatic rings. The van der Waals surface area contributed by atoms with E-state index in [1.165, 1.54) is 6.92 Å². The van der Waals surface area contributed by atoms with Gasteiger partial charge in [0.1, 0.15) is 6.61 Å². The monoisotopic (exact) mass is 211 g/mol. The number of rotatable bonds is 2. The van der Waals surface area contributed by atoms with Crippen LogP contribution in [0.3, 0.4) is 0 Å². The summed E-state index contributed by atoms with van der Waals surface area (Å²) in [6.07, 6.45) is 3.56. The summed E-state index contributed by atoms with van der Waals surface area (Å²) < 4.78 is 10.0. The van der Waals surface area contributed by atoms with E-state index in [-0.39, 0.29) is 18.7 Å². The van der Waals surface area contributed by atoms with Crippen LogP contribution in [0.5, 0.6) is 0 Å². The zero-order valence-corrected chi connectivity index (χ0v) is 9.40. The third kappa shape index (κ3) is 5.87. The van der Waals surface area contributed by atoms with Crippen molar-refractivity contribution in [2.75, 3.05) is 6.61 Å². The van der Waals surface area contributed by atoms with Crippen LogP contribution in [-0.4, -0.2) is 24.8 Å². The summed E-state index contributed by atoms with van der Waals surface area (Å²) in [4.78, 5) is 10.5. The second-order valence-electron chi connectivity index (χ2n) is 2.77. The van der Waals surface area contributed by atoms with Crippen molar-refractivity contribution in [1.82, 2.24) is 0 Å². The molecule has 1 aliphatic heterocycles. The third-order valence-electron chi connectivity index (χ3n) is 1.65. The van der Waals surface area contributed by atoms with Gasteiger partial charge in [0.15, 0.2) is 6.10 Å². The number of hydrogen-bond acceptors (Lipinski definition) is 4. The van der Waals surface area contributed by atoms with E-state index >= 15 is 0 Å². The van der Waals surface area contributed by atoms with Crippen LogP contribution in [0.1, 0.15) is 27.2 Å². The van der Waals surface area contributed by atoms with Gasteiger partial charge in [-0.05, 0) is 12.5 Å². The lowest BCUT2D eigenvalue weighted by Crippen LogP contribution is -2.27. The summed E-state index contributed by atoms with van der Waals surface area (Å²) in [5.41, 5.74) is 0. The Morgan fingerprint density at radius 2 is 2.33 bits per heavy atom. The molecular weight excluding hydrogens is 194 g/mol. The molecule has 1 rings (SSSR count). The Morgan fingerprint density at radius 1 is 1.67 bits per heavy atom. The van der Waals surface area contributed by atoms with Gasteiger partial charge in [0.25, 0.3) is 0 Å². The SMILES string of the molecule is CC.CC(=O)OCC1CC=CC(C#N)O1. The molecule has 2 atom stereocenters. The number of carbonyl (C=O) groups excluding carboxylic acids is 1. The van der Waals surface area contributed by atoms with Gasteiger partial charge in [-0.3, -0.25) is 4.79 Å². The molecule has 0 bridgehead atoms. The van der Waals surface area contributed by atoms with Crippen molar-refractivity contribution in [3.8, 4) is 6.07 Å². The quantitative estimate of drug-likeness (QED) is 0.516. The molecule has 0 radical (unpaired) electrons. The fourth-order valence-electron chi connectivity index (χ4n) is 1.05. The van der Waals surface area contributed by atoms with Crippen molar-refractivity contribution in [3.63, 3.8) is 0 Å². The van der Waals surface area contributed by atoms with E-state index < -0.39 is 6.10 Å². The van der Waals surface area contributed by atoms with Crippen LogP contribution in [0.2, 0.25) is 0 Å². The lowest BCUT2D eigenvalue weighted by molar-refractivity contribution is -0.145. The molecule has 4 nitrogen and oxygen atoms in total. The summed E-state index contributed by atoms with van der Waals surface area (Å²) >= 11 is 0. The largest absolute Gasteiger partial charge is 0.463 e. The second-order valence-corrected chi connectivity index (χ2v) is 2.77. The molecule has 2 unspecified atom stereocenters. The van der Waals surface area contributed by atoms with Gasteiger partial charge in [0.2, 0.25) is 0 Å². The number of hydrogen-bond donors (Lipinski definition) is 0. The van der Waals surface area contributed by atoms with Crippen LogP contribution in [0.15, 0.2) is 12.2 Å². The standard InChI is InChI=1S/C9H11NO3.C2H6/c1-7(11)12-6-9-4-2-3-8(5-10)13-9;1-2/h2-3,8-9H,4,6H2,1H3;1-2H3. The molecular formula is C11H17NO3. The average Bonchev–Trinajstić information content (AvgIpc) is 2.29. The van der Waals surface area contributed by atoms with E-state index in [1.807, 2.05) is 26.0 Å². The summed E-state index contributed by atoms with van der Waals surface area (Å²) in [6.45, 7) is 5.57. The fourth-order valence-corrected chi connectivity index (χ4v) is 1.05. The van der Waals surface area contributed by atoms with Gasteiger partial charge in [-0.2, -0.15) is 5.26 Å². The average molecular weight is 211 g/mol. The zero-order valence-electron chi connectivity index (χ0n) is 9.40. The van der Waals surface area contributed by atoms with Crippen molar-refractivity contribution in [2.24, 2.45) is 0 Å². The summed E-state index contributed by atoms with van der Waals surface area (Å²) in [5, 5.41) is 8.55. The third-order valence-corrected chi connectivity index (χ3v) is 1.65. The maximum atomic E-state index is 10.5. The number of nitriles is 1. The molecule has 84 valence electrons. The Bertz CT molecular complexity index is 255. The molecule has 15 heavy (non-hydrogen) atoms. The molecule has 0 saturated heterocycles. The van der Waals surface area contributed by atoms with E-state index in [2.05, 4.69) is 0 Å². The number of esters is 1. The van der Waals surface area contributed by atoms with Crippen LogP contribution in [0.25, 0.3) is 0 Å². The number of nitrogens with zero attached hydrogens (tertiary/aromatic N) is 1. The highest BCUT2D eigenvalue weighted by molar-refractivity contribution is 5.65. The summed E-state index contributed by atoms with van der Waals surface area (Å²) in [5.74, 6) is -0.327. The van der Waals surface area contributed by atoms with E-state index in [4.69, 9.17) is 14.7 Å². The fraction of sp³-hybridized carbons (Fsp3) is 0.636. The first-order chi connectivity index (χ1) is 7.22. The van der Waals surface area contributed by atoms with Gasteiger partial charge in [-0.15, -0.1) is 0 Å². The first-order valence-electron chi connectivity index (χ1n) is 5.07. The van der Waals surface area contributed by atoms with Gasteiger partial charge < -0.3 is 9.47 Å². The van der Waals surface area contributed by atoms with Crippen LogP contribution >= 0.6 is 0 Å². The molecule has 0 N–H and O–H groups in total. The van der Waals surface area contributed by atoms with E-state index in [9.17, 15) is 4.79 Å². The van der Waals surface area contributed by atoms with Crippen LogP contribution < -0.4 is 0 Å². The highest BCUT2D eigenvalue weighted by Gasteiger charge is 2.18. The van der Waals surface area contributed by atoms with Crippen molar-refractivity contribution in [2.45, 2.75) is 39.4 Å². The first kappa shape index (κ1) is 13.7. The van der Waals surface area contributed by atoms with Crippen molar-refractivity contribution in [3.05, 3.63) is 12.2 Å². The van der Waals surface area contributed by atoms with Gasteiger partial charge in [-0.1, -0.05) is 19.9 Å². The normalized spacial score (nSPS) is 23.3. The van der Waals surface area contributed by atoms with Gasteiger partial charge in [0, 0.05) is 6.92 Å². The lowest BCUT2D eigenvalue weighted by atomic mass is 10.1. The number of ether oxygens (including phenoxy) is 2. The van der Waals surface area contributed by atoms with Crippen molar-refractivity contribution < 1.29 is 14.3 Å². The molecule has 0 amide bonds. The molecule has 0 spiro atoms. The molecule has 0 saturated carbocycles. The Balaban J connectivity index is 0.000000921. The van der Waals surface area contributed by atoms with Crippen LogP contribution in [0.4, 0.5) is 0 Å². The van der Waals surface area contributed by atoms with Gasteiger partial charge in [-0.25, -0.2) is 0 Å². The van der Waals surface area contributed by atoms with Crippen molar-refractivity contribution >= 4 is 5.97 Å². The first-order valence-corrected chi connectivity index (χ1v) is 5.07. The molecule has 0 aromatic carbocycles. The predicted molar refractivity (Wildman–Crippen MR) is 56.0 cm³/mol. The Hall–Kier alpha value is -1.34. The lowest BCUT2D eigenvalue weighted by Gasteiger charge is -2.21. The summed E-state index contributed by atoms with van der Waals surface area (Å²) in [6, 6.07) is 1.97. The van der Waals surface area contributed by atoms with E-state index in [0.29, 0.717) is 6.42 Å². The Morgan fingerprint density at radius 3 is 2.87 bits per heavy atom. The molecule has 0 aliphatic carbocycles. The minimum atomic E-state index is -0.505. The summed E-state index contributed by atoms with van der Waals surface area (Å²) in [7, 11) is 0. The molecule has 4 heteroatoms. The molecule has 0 fully saturated rings. The molecule has 1 aliphatic rings. The Labute approximate surface area is 90.5 Å². The van der Waals surface area contributed by atoms with E-state index in [0.717, 1.165) is 0 Å². The molecule has 1 heterocycles. The van der Waals surface area contributed by atoms with Gasteiger partial charge >= 0.3 is 5.97 Å². The minimum Gasteiger partial charge on any atom is -0.463 e. The second kappa shape index (κ2) is 8.01. The number of carbonyl (C=O) groups is 1. The highest BCUT2D eigenvalue weighted by atomic mass is 16.6. The predicted octanol–water partition coefficient (Wildman–Crippen LogP) is 1.81. The molecule has 0 aromatic heterocycles. The van der Waals surface area contributed by atoms with E-state index in [1.54, 1.807) is 6.08 Å². The maximum absolute atomic E-state index is 10.5. The minimum absolute atomic E-state index is 0.182. The topological polar surface area (TPSA) is 59.3 Å².